The van der Waals surface area contributed by atoms with Gasteiger partial charge in [-0.3, -0.25) is 9.59 Å². The molecule has 0 radical (unpaired) electrons. The van der Waals surface area contributed by atoms with Gasteiger partial charge in [0.25, 0.3) is 5.91 Å². The predicted molar refractivity (Wildman–Crippen MR) is 95.6 cm³/mol. The number of nitrogens with one attached hydrogen (secondary N) is 1. The fraction of sp³-hybridized carbons (Fsp3) is 0.263. The summed E-state index contributed by atoms with van der Waals surface area (Å²) in [5.74, 6) is -1.28. The minimum atomic E-state index is -0.645. The van der Waals surface area contributed by atoms with E-state index in [0.717, 1.165) is 22.9 Å². The zero-order valence-corrected chi connectivity index (χ0v) is 14.7. The molecule has 0 saturated carbocycles. The van der Waals surface area contributed by atoms with Gasteiger partial charge in [-0.2, -0.15) is 0 Å². The lowest BCUT2D eigenvalue weighted by molar-refractivity contribution is -0.118. The van der Waals surface area contributed by atoms with Crippen molar-refractivity contribution in [3.63, 3.8) is 0 Å². The summed E-state index contributed by atoms with van der Waals surface area (Å²) in [6.45, 7) is 4.52. The third-order valence-corrected chi connectivity index (χ3v) is 4.82. The average Bonchev–Trinajstić information content (AvgIpc) is 2.93. The molecule has 1 atom stereocenters. The molecule has 0 aromatic heterocycles. The highest BCUT2D eigenvalue weighted by molar-refractivity contribution is 6.33. The Morgan fingerprint density at radius 2 is 1.96 bits per heavy atom. The van der Waals surface area contributed by atoms with E-state index in [1.165, 1.54) is 12.1 Å². The molecule has 6 heteroatoms. The second-order valence-corrected chi connectivity index (χ2v) is 6.60. The van der Waals surface area contributed by atoms with Crippen molar-refractivity contribution in [3.05, 3.63) is 63.9 Å². The van der Waals surface area contributed by atoms with Gasteiger partial charge in [-0.15, -0.1) is 0 Å². The van der Waals surface area contributed by atoms with Gasteiger partial charge in [0.1, 0.15) is 11.9 Å². The first-order valence-corrected chi connectivity index (χ1v) is 8.39. The molecule has 0 bridgehead atoms. The van der Waals surface area contributed by atoms with Gasteiger partial charge in [-0.05, 0) is 61.7 Å². The van der Waals surface area contributed by atoms with Crippen molar-refractivity contribution >= 4 is 29.1 Å². The van der Waals surface area contributed by atoms with E-state index in [9.17, 15) is 14.0 Å². The molecule has 130 valence electrons. The first-order chi connectivity index (χ1) is 11.9. The van der Waals surface area contributed by atoms with Gasteiger partial charge >= 0.3 is 0 Å². The van der Waals surface area contributed by atoms with Crippen LogP contribution in [0.2, 0.25) is 5.02 Å². The van der Waals surface area contributed by atoms with Crippen LogP contribution in [-0.2, 0) is 4.79 Å². The first-order valence-electron chi connectivity index (χ1n) is 8.01. The molecule has 1 aliphatic rings. The van der Waals surface area contributed by atoms with Crippen LogP contribution in [-0.4, -0.2) is 24.4 Å². The third kappa shape index (κ3) is 3.51. The van der Waals surface area contributed by atoms with E-state index in [4.69, 9.17) is 11.6 Å². The molecule has 0 aliphatic carbocycles. The van der Waals surface area contributed by atoms with Gasteiger partial charge in [-0.1, -0.05) is 17.7 Å². The zero-order chi connectivity index (χ0) is 18.1. The molecule has 2 aromatic rings. The van der Waals surface area contributed by atoms with Crippen LogP contribution in [0.1, 0.15) is 27.9 Å². The smallest absolute Gasteiger partial charge is 0.253 e. The number of halogens is 2. The predicted octanol–water partition coefficient (Wildman–Crippen LogP) is 3.63. The molecule has 1 saturated heterocycles. The summed E-state index contributed by atoms with van der Waals surface area (Å²) in [6.07, 6.45) is 0.491. The highest BCUT2D eigenvalue weighted by atomic mass is 35.5. The van der Waals surface area contributed by atoms with Crippen molar-refractivity contribution in [2.45, 2.75) is 26.3 Å². The number of amides is 2. The zero-order valence-electron chi connectivity index (χ0n) is 14.0. The molecular formula is C19H18ClFN2O2. The minimum absolute atomic E-state index is 0.0269. The highest BCUT2D eigenvalue weighted by Gasteiger charge is 2.34. The Bertz CT molecular complexity index is 853. The monoisotopic (exact) mass is 360 g/mol. The number of anilines is 1. The Morgan fingerprint density at radius 3 is 2.68 bits per heavy atom. The number of carbonyl (C=O) groups is 2. The number of rotatable bonds is 3. The SMILES string of the molecule is Cc1ccc(N2CCC(NC(=O)c3cc(F)ccc3Cl)C2=O)cc1C. The van der Waals surface area contributed by atoms with E-state index in [1.807, 2.05) is 32.0 Å². The maximum absolute atomic E-state index is 13.3. The Morgan fingerprint density at radius 1 is 1.20 bits per heavy atom. The van der Waals surface area contributed by atoms with E-state index >= 15 is 0 Å². The lowest BCUT2D eigenvalue weighted by Gasteiger charge is -2.18. The molecule has 1 fully saturated rings. The number of nitrogens with zero attached hydrogens (tertiary/aromatic N) is 1. The molecule has 2 aromatic carbocycles. The van der Waals surface area contributed by atoms with Crippen LogP contribution in [0.4, 0.5) is 10.1 Å². The van der Waals surface area contributed by atoms with Crippen LogP contribution in [0.25, 0.3) is 0 Å². The number of hydrogen-bond donors (Lipinski definition) is 1. The van der Waals surface area contributed by atoms with Crippen LogP contribution in [0, 0.1) is 19.7 Å². The van der Waals surface area contributed by atoms with Gasteiger partial charge in [0.15, 0.2) is 0 Å². The average molecular weight is 361 g/mol. The Labute approximate surface area is 150 Å². The van der Waals surface area contributed by atoms with E-state index in [2.05, 4.69) is 5.32 Å². The van der Waals surface area contributed by atoms with E-state index in [-0.39, 0.29) is 16.5 Å². The quantitative estimate of drug-likeness (QED) is 0.908. The highest BCUT2D eigenvalue weighted by Crippen LogP contribution is 2.25. The number of aryl methyl sites for hydroxylation is 2. The van der Waals surface area contributed by atoms with Crippen molar-refractivity contribution < 1.29 is 14.0 Å². The normalized spacial score (nSPS) is 17.0. The van der Waals surface area contributed by atoms with E-state index < -0.39 is 17.8 Å². The summed E-state index contributed by atoms with van der Waals surface area (Å²) in [6, 6.07) is 8.75. The third-order valence-electron chi connectivity index (χ3n) is 4.49. The maximum Gasteiger partial charge on any atom is 0.253 e. The molecule has 1 heterocycles. The van der Waals surface area contributed by atoms with Gasteiger partial charge < -0.3 is 10.2 Å². The fourth-order valence-electron chi connectivity index (χ4n) is 2.87. The molecular weight excluding hydrogens is 343 g/mol. The molecule has 1 unspecified atom stereocenters. The van der Waals surface area contributed by atoms with Crippen LogP contribution < -0.4 is 10.2 Å². The maximum atomic E-state index is 13.3. The van der Waals surface area contributed by atoms with Crippen molar-refractivity contribution in [2.24, 2.45) is 0 Å². The summed E-state index contributed by atoms with van der Waals surface area (Å²) >= 11 is 5.95. The van der Waals surface area contributed by atoms with Crippen LogP contribution in [0.5, 0.6) is 0 Å². The second-order valence-electron chi connectivity index (χ2n) is 6.20. The lowest BCUT2D eigenvalue weighted by atomic mass is 10.1. The Kier molecular flexibility index (Phi) is 4.77. The molecule has 0 spiro atoms. The number of hydrogen-bond acceptors (Lipinski definition) is 2. The first kappa shape index (κ1) is 17.4. The summed E-state index contributed by atoms with van der Waals surface area (Å²) in [5.41, 5.74) is 3.10. The molecule has 1 aliphatic heterocycles. The molecule has 2 amide bonds. The summed E-state index contributed by atoms with van der Waals surface area (Å²) in [5, 5.41) is 2.81. The van der Waals surface area contributed by atoms with Gasteiger partial charge in [-0.25, -0.2) is 4.39 Å². The van der Waals surface area contributed by atoms with Crippen LogP contribution >= 0.6 is 11.6 Å². The van der Waals surface area contributed by atoms with Gasteiger partial charge in [0.2, 0.25) is 5.91 Å². The molecule has 1 N–H and O–H groups in total. The summed E-state index contributed by atoms with van der Waals surface area (Å²) in [4.78, 5) is 26.6. The molecule has 4 nitrogen and oxygen atoms in total. The van der Waals surface area contributed by atoms with Crippen LogP contribution in [0.15, 0.2) is 36.4 Å². The van der Waals surface area contributed by atoms with Gasteiger partial charge in [0, 0.05) is 12.2 Å². The summed E-state index contributed by atoms with van der Waals surface area (Å²) < 4.78 is 13.3. The van der Waals surface area contributed by atoms with Crippen molar-refractivity contribution in [3.8, 4) is 0 Å². The van der Waals surface area contributed by atoms with Crippen molar-refractivity contribution in [1.29, 1.82) is 0 Å². The lowest BCUT2D eigenvalue weighted by Crippen LogP contribution is -2.41. The topological polar surface area (TPSA) is 49.4 Å². The second kappa shape index (κ2) is 6.84. The van der Waals surface area contributed by atoms with Crippen molar-refractivity contribution in [1.82, 2.24) is 5.32 Å². The van der Waals surface area contributed by atoms with E-state index in [1.54, 1.807) is 4.90 Å². The largest absolute Gasteiger partial charge is 0.340 e. The minimum Gasteiger partial charge on any atom is -0.340 e. The van der Waals surface area contributed by atoms with Gasteiger partial charge in [0.05, 0.1) is 10.6 Å². The van der Waals surface area contributed by atoms with Crippen molar-refractivity contribution in [2.75, 3.05) is 11.4 Å². The molecule has 3 rings (SSSR count). The Hall–Kier alpha value is -2.40. The van der Waals surface area contributed by atoms with Crippen LogP contribution in [0.3, 0.4) is 0 Å². The standard InChI is InChI=1S/C19H18ClFN2O2/c1-11-3-5-14(9-12(11)2)23-8-7-17(19(23)25)22-18(24)15-10-13(21)4-6-16(15)20/h3-6,9-10,17H,7-8H2,1-2H3,(H,22,24). The number of benzene rings is 2. The Balaban J connectivity index is 1.74. The fourth-order valence-corrected chi connectivity index (χ4v) is 3.07. The van der Waals surface area contributed by atoms with E-state index in [0.29, 0.717) is 13.0 Å². The number of carbonyl (C=O) groups excluding carboxylic acids is 2. The summed E-state index contributed by atoms with van der Waals surface area (Å²) in [7, 11) is 0. The molecule has 25 heavy (non-hydrogen) atoms.